The van der Waals surface area contributed by atoms with Gasteiger partial charge in [0.2, 0.25) is 0 Å². The monoisotopic (exact) mass is 258 g/mol. The Balaban J connectivity index is 1.93. The molecule has 0 saturated heterocycles. The van der Waals surface area contributed by atoms with E-state index in [0.29, 0.717) is 0 Å². The van der Waals surface area contributed by atoms with Crippen molar-refractivity contribution in [2.24, 2.45) is 0 Å². The molecule has 3 heteroatoms. The molecule has 0 spiro atoms. The maximum Gasteiger partial charge on any atom is 0.0719 e. The largest absolute Gasteiger partial charge is 0.372 e. The summed E-state index contributed by atoms with van der Waals surface area (Å²) in [5.74, 6) is 0. The highest BCUT2D eigenvalue weighted by Gasteiger charge is 1.99. The van der Waals surface area contributed by atoms with Gasteiger partial charge in [-0.25, -0.2) is 0 Å². The molecule has 17 heavy (non-hydrogen) atoms. The van der Waals surface area contributed by atoms with Gasteiger partial charge >= 0.3 is 0 Å². The molecule has 0 radical (unpaired) electrons. The van der Waals surface area contributed by atoms with E-state index in [1.807, 2.05) is 0 Å². The summed E-state index contributed by atoms with van der Waals surface area (Å²) in [6, 6.07) is 17.1. The Kier molecular flexibility index (Phi) is 4.31. The molecule has 2 rings (SSSR count). The Morgan fingerprint density at radius 3 is 1.53 bits per heavy atom. The van der Waals surface area contributed by atoms with Gasteiger partial charge in [-0.2, -0.15) is 0 Å². The molecule has 88 valence electrons. The molecule has 2 aromatic rings. The molecule has 0 amide bonds. The molecule has 0 heterocycles. The van der Waals surface area contributed by atoms with Crippen LogP contribution in [0, 0.1) is 0 Å². The van der Waals surface area contributed by atoms with Crippen molar-refractivity contribution in [2.75, 3.05) is 0 Å². The van der Waals surface area contributed by atoms with E-state index >= 15 is 0 Å². The average Bonchev–Trinajstić information content (AvgIpc) is 2.34. The summed E-state index contributed by atoms with van der Waals surface area (Å²) in [4.78, 5) is 0. The summed E-state index contributed by atoms with van der Waals surface area (Å²) in [7, 11) is 2.18. The highest BCUT2D eigenvalue weighted by molar-refractivity contribution is 6.33. The van der Waals surface area contributed by atoms with Crippen molar-refractivity contribution < 1.29 is 4.74 Å². The Bertz CT molecular complexity index is 452. The smallest absolute Gasteiger partial charge is 0.0719 e. The first-order chi connectivity index (χ1) is 8.27. The second-order valence-electron chi connectivity index (χ2n) is 4.35. The van der Waals surface area contributed by atoms with Gasteiger partial charge in [0.05, 0.1) is 13.2 Å². The Morgan fingerprint density at radius 2 is 1.12 bits per heavy atom. The standard InChI is InChI=1S/C14H18OSi2/c16-13-7-3-1-5-11(13)9-15-10-12-6-2-4-8-14(12)17/h1-8H,9-10H2,16-17H3. The van der Waals surface area contributed by atoms with Crippen molar-refractivity contribution in [3.8, 4) is 0 Å². The molecular formula is C14H18OSi2. The predicted molar refractivity (Wildman–Crippen MR) is 80.5 cm³/mol. The van der Waals surface area contributed by atoms with Crippen LogP contribution in [0.1, 0.15) is 11.1 Å². The Labute approximate surface area is 109 Å². The molecule has 1 nitrogen and oxygen atoms in total. The van der Waals surface area contributed by atoms with E-state index in [4.69, 9.17) is 4.74 Å². The quantitative estimate of drug-likeness (QED) is 0.665. The summed E-state index contributed by atoms with van der Waals surface area (Å²) < 4.78 is 5.81. The third-order valence-electron chi connectivity index (χ3n) is 3.04. The fourth-order valence-corrected chi connectivity index (χ4v) is 2.82. The van der Waals surface area contributed by atoms with Crippen LogP contribution in [0.5, 0.6) is 0 Å². The lowest BCUT2D eigenvalue weighted by Crippen LogP contribution is -2.13. The third-order valence-corrected chi connectivity index (χ3v) is 4.99. The molecule has 0 saturated carbocycles. The third kappa shape index (κ3) is 3.39. The van der Waals surface area contributed by atoms with Gasteiger partial charge in [0, 0.05) is 20.5 Å². The second-order valence-corrected chi connectivity index (χ2v) is 6.50. The van der Waals surface area contributed by atoms with Crippen molar-refractivity contribution in [3.05, 3.63) is 59.7 Å². The van der Waals surface area contributed by atoms with E-state index < -0.39 is 0 Å². The fraction of sp³-hybridized carbons (Fsp3) is 0.143. The van der Waals surface area contributed by atoms with E-state index in [0.717, 1.165) is 33.7 Å². The number of hydrogen-bond acceptors (Lipinski definition) is 1. The van der Waals surface area contributed by atoms with Crippen molar-refractivity contribution in [3.63, 3.8) is 0 Å². The predicted octanol–water partition coefficient (Wildman–Crippen LogP) is -0.615. The van der Waals surface area contributed by atoms with Gasteiger partial charge in [0.25, 0.3) is 0 Å². The van der Waals surface area contributed by atoms with Crippen LogP contribution < -0.4 is 10.4 Å². The van der Waals surface area contributed by atoms with Crippen LogP contribution in [0.3, 0.4) is 0 Å². The summed E-state index contributed by atoms with van der Waals surface area (Å²) in [5, 5.41) is 2.87. The number of rotatable bonds is 4. The molecule has 2 aromatic carbocycles. The van der Waals surface area contributed by atoms with Gasteiger partial charge < -0.3 is 4.74 Å². The maximum absolute atomic E-state index is 5.81. The lowest BCUT2D eigenvalue weighted by Gasteiger charge is -2.09. The topological polar surface area (TPSA) is 9.23 Å². The van der Waals surface area contributed by atoms with E-state index in [2.05, 4.69) is 48.5 Å². The van der Waals surface area contributed by atoms with Crippen LogP contribution in [-0.2, 0) is 18.0 Å². The van der Waals surface area contributed by atoms with Crippen molar-refractivity contribution in [1.82, 2.24) is 0 Å². The first-order valence-electron chi connectivity index (χ1n) is 5.94. The number of benzene rings is 2. The van der Waals surface area contributed by atoms with Gasteiger partial charge in [-0.15, -0.1) is 0 Å². The second kappa shape index (κ2) is 5.95. The van der Waals surface area contributed by atoms with Gasteiger partial charge in [-0.05, 0) is 11.1 Å². The van der Waals surface area contributed by atoms with Crippen LogP contribution >= 0.6 is 0 Å². The van der Waals surface area contributed by atoms with E-state index in [1.54, 1.807) is 0 Å². The highest BCUT2D eigenvalue weighted by atomic mass is 28.1. The lowest BCUT2D eigenvalue weighted by atomic mass is 10.2. The summed E-state index contributed by atoms with van der Waals surface area (Å²) in [5.41, 5.74) is 2.68. The van der Waals surface area contributed by atoms with Crippen LogP contribution in [0.25, 0.3) is 0 Å². The van der Waals surface area contributed by atoms with E-state index in [9.17, 15) is 0 Å². The minimum Gasteiger partial charge on any atom is -0.372 e. The minimum atomic E-state index is 0.732. The molecule has 0 aromatic heterocycles. The van der Waals surface area contributed by atoms with Crippen molar-refractivity contribution >= 4 is 30.9 Å². The fourth-order valence-electron chi connectivity index (χ4n) is 1.82. The zero-order valence-corrected chi connectivity index (χ0v) is 14.4. The molecular weight excluding hydrogens is 240 g/mol. The molecule has 0 atom stereocenters. The zero-order chi connectivity index (χ0) is 12.1. The molecule has 0 N–H and O–H groups in total. The first-order valence-corrected chi connectivity index (χ1v) is 7.94. The Morgan fingerprint density at radius 1 is 0.706 bits per heavy atom. The molecule has 0 fully saturated rings. The highest BCUT2D eigenvalue weighted by Crippen LogP contribution is 2.02. The SMILES string of the molecule is [SiH3]c1ccccc1COCc1ccccc1[SiH3]. The molecule has 0 unspecified atom stereocenters. The summed E-state index contributed by atoms with van der Waals surface area (Å²) >= 11 is 0. The van der Waals surface area contributed by atoms with Crippen molar-refractivity contribution in [2.45, 2.75) is 13.2 Å². The maximum atomic E-state index is 5.81. The van der Waals surface area contributed by atoms with Gasteiger partial charge in [0.15, 0.2) is 0 Å². The molecule has 0 aliphatic rings. The average molecular weight is 258 g/mol. The zero-order valence-electron chi connectivity index (χ0n) is 10.4. The van der Waals surface area contributed by atoms with Crippen LogP contribution in [-0.4, -0.2) is 20.5 Å². The number of ether oxygens (including phenoxy) is 1. The summed E-state index contributed by atoms with van der Waals surface area (Å²) in [6.07, 6.45) is 0. The van der Waals surface area contributed by atoms with Crippen LogP contribution in [0.2, 0.25) is 0 Å². The first kappa shape index (κ1) is 12.3. The van der Waals surface area contributed by atoms with Gasteiger partial charge in [-0.3, -0.25) is 0 Å². The number of hydrogen-bond donors (Lipinski definition) is 0. The minimum absolute atomic E-state index is 0.732. The van der Waals surface area contributed by atoms with E-state index in [-0.39, 0.29) is 0 Å². The normalized spacial score (nSPS) is 10.8. The van der Waals surface area contributed by atoms with Crippen LogP contribution in [0.15, 0.2) is 48.5 Å². The molecule has 0 bridgehead atoms. The van der Waals surface area contributed by atoms with E-state index in [1.165, 1.54) is 21.5 Å². The lowest BCUT2D eigenvalue weighted by molar-refractivity contribution is 0.108. The van der Waals surface area contributed by atoms with Gasteiger partial charge in [-0.1, -0.05) is 58.9 Å². The summed E-state index contributed by atoms with van der Waals surface area (Å²) in [6.45, 7) is 1.46. The van der Waals surface area contributed by atoms with Crippen molar-refractivity contribution in [1.29, 1.82) is 0 Å². The molecule has 0 aliphatic carbocycles. The van der Waals surface area contributed by atoms with Gasteiger partial charge in [0.1, 0.15) is 0 Å². The van der Waals surface area contributed by atoms with Crippen LogP contribution in [0.4, 0.5) is 0 Å². The molecule has 0 aliphatic heterocycles. The Hall–Kier alpha value is -1.17.